The molecule has 0 saturated carbocycles. The SMILES string of the molecule is C=Cc1c(F)ccc2cc(OCOC(=O)N(C)C)cc(C(C)C)c12.CC. The second kappa shape index (κ2) is 9.80. The number of nitrogens with zero attached hydrogens (tertiary/aromatic N) is 1. The topological polar surface area (TPSA) is 38.8 Å². The lowest BCUT2D eigenvalue weighted by Gasteiger charge is -2.17. The van der Waals surface area contributed by atoms with E-state index in [-0.39, 0.29) is 18.5 Å². The molecule has 26 heavy (non-hydrogen) atoms. The number of fused-ring (bicyclic) bond motifs is 1. The summed E-state index contributed by atoms with van der Waals surface area (Å²) in [5.74, 6) is 0.438. The second-order valence-electron chi connectivity index (χ2n) is 6.00. The molecule has 0 spiro atoms. The molecule has 0 aromatic heterocycles. The third-order valence-corrected chi connectivity index (χ3v) is 3.71. The van der Waals surface area contributed by atoms with Crippen LogP contribution in [-0.2, 0) is 4.74 Å². The van der Waals surface area contributed by atoms with Gasteiger partial charge in [-0.1, -0.05) is 46.4 Å². The van der Waals surface area contributed by atoms with Crippen LogP contribution in [0.5, 0.6) is 5.75 Å². The molecule has 0 fully saturated rings. The van der Waals surface area contributed by atoms with E-state index in [1.807, 2.05) is 33.8 Å². The first-order chi connectivity index (χ1) is 12.3. The van der Waals surface area contributed by atoms with E-state index in [0.717, 1.165) is 16.3 Å². The summed E-state index contributed by atoms with van der Waals surface area (Å²) in [6.45, 7) is 11.6. The Bertz CT molecular complexity index is 769. The van der Waals surface area contributed by atoms with Gasteiger partial charge in [0.05, 0.1) is 0 Å². The molecule has 0 aliphatic rings. The molecular formula is C21H28FNO3. The van der Waals surface area contributed by atoms with Crippen LogP contribution < -0.4 is 4.74 Å². The molecule has 0 atom stereocenters. The highest BCUT2D eigenvalue weighted by atomic mass is 19.1. The highest BCUT2D eigenvalue weighted by Gasteiger charge is 2.14. The Morgan fingerprint density at radius 2 is 1.92 bits per heavy atom. The third-order valence-electron chi connectivity index (χ3n) is 3.71. The summed E-state index contributed by atoms with van der Waals surface area (Å²) >= 11 is 0. The standard InChI is InChI=1S/C19H22FNO3.C2H6/c1-6-15-17(20)8-7-13-9-14(10-16(12(2)3)18(13)15)23-11-24-19(22)21(4)5;1-2/h6-10,12H,1,11H2,2-5H3;1-2H3. The average Bonchev–Trinajstić information content (AvgIpc) is 2.62. The van der Waals surface area contributed by atoms with Gasteiger partial charge in [0, 0.05) is 19.7 Å². The van der Waals surface area contributed by atoms with E-state index < -0.39 is 6.09 Å². The fraction of sp³-hybridized carbons (Fsp3) is 0.381. The van der Waals surface area contributed by atoms with Crippen LogP contribution in [0.15, 0.2) is 30.8 Å². The van der Waals surface area contributed by atoms with Crippen molar-refractivity contribution in [2.45, 2.75) is 33.6 Å². The average molecular weight is 361 g/mol. The van der Waals surface area contributed by atoms with Crippen LogP contribution in [0.2, 0.25) is 0 Å². The number of halogens is 1. The Morgan fingerprint density at radius 3 is 2.46 bits per heavy atom. The number of benzene rings is 2. The molecule has 2 aromatic rings. The van der Waals surface area contributed by atoms with Crippen molar-refractivity contribution in [1.82, 2.24) is 4.90 Å². The molecule has 2 rings (SSSR count). The Balaban J connectivity index is 0.00000163. The van der Waals surface area contributed by atoms with Gasteiger partial charge in [-0.2, -0.15) is 0 Å². The van der Waals surface area contributed by atoms with Crippen molar-refractivity contribution in [3.8, 4) is 5.75 Å². The van der Waals surface area contributed by atoms with Crippen molar-refractivity contribution in [3.05, 3.63) is 47.8 Å². The summed E-state index contributed by atoms with van der Waals surface area (Å²) in [5, 5.41) is 1.68. The summed E-state index contributed by atoms with van der Waals surface area (Å²) < 4.78 is 24.6. The molecule has 0 radical (unpaired) electrons. The van der Waals surface area contributed by atoms with E-state index in [0.29, 0.717) is 11.3 Å². The largest absolute Gasteiger partial charge is 0.457 e. The summed E-state index contributed by atoms with van der Waals surface area (Å²) in [5.41, 5.74) is 1.44. The minimum Gasteiger partial charge on any atom is -0.457 e. The third kappa shape index (κ3) is 4.97. The summed E-state index contributed by atoms with van der Waals surface area (Å²) in [7, 11) is 3.20. The van der Waals surface area contributed by atoms with Gasteiger partial charge >= 0.3 is 6.09 Å². The predicted molar refractivity (Wildman–Crippen MR) is 105 cm³/mol. The number of rotatable bonds is 5. The molecule has 4 nitrogen and oxygen atoms in total. The highest BCUT2D eigenvalue weighted by Crippen LogP contribution is 2.34. The number of carbonyl (C=O) groups is 1. The zero-order valence-corrected chi connectivity index (χ0v) is 16.4. The summed E-state index contributed by atoms with van der Waals surface area (Å²) in [6.07, 6.45) is 1.05. The minimum atomic E-state index is -0.476. The van der Waals surface area contributed by atoms with Crippen LogP contribution in [0.1, 0.15) is 44.7 Å². The van der Waals surface area contributed by atoms with Gasteiger partial charge in [-0.3, -0.25) is 0 Å². The first-order valence-corrected chi connectivity index (χ1v) is 8.70. The van der Waals surface area contributed by atoms with Crippen molar-refractivity contribution in [1.29, 1.82) is 0 Å². The lowest BCUT2D eigenvalue weighted by molar-refractivity contribution is 0.0433. The molecule has 142 valence electrons. The van der Waals surface area contributed by atoms with Gasteiger partial charge in [0.15, 0.2) is 0 Å². The molecule has 1 amide bonds. The molecule has 2 aromatic carbocycles. The number of hydrogen-bond acceptors (Lipinski definition) is 3. The number of carbonyl (C=O) groups excluding carboxylic acids is 1. The Labute approximate surface area is 155 Å². The predicted octanol–water partition coefficient (Wildman–Crippen LogP) is 5.81. The van der Waals surface area contributed by atoms with Gasteiger partial charge in [0.2, 0.25) is 6.79 Å². The zero-order chi connectivity index (χ0) is 19.9. The van der Waals surface area contributed by atoms with E-state index in [9.17, 15) is 9.18 Å². The Morgan fingerprint density at radius 1 is 1.27 bits per heavy atom. The first-order valence-electron chi connectivity index (χ1n) is 8.70. The zero-order valence-electron chi connectivity index (χ0n) is 16.4. The molecule has 0 unspecified atom stereocenters. The van der Waals surface area contributed by atoms with Gasteiger partial charge in [0.1, 0.15) is 11.6 Å². The minimum absolute atomic E-state index is 0.167. The fourth-order valence-electron chi connectivity index (χ4n) is 2.49. The van der Waals surface area contributed by atoms with Gasteiger partial charge in [-0.25, -0.2) is 9.18 Å². The van der Waals surface area contributed by atoms with Crippen molar-refractivity contribution in [2.24, 2.45) is 0 Å². The fourth-order valence-corrected chi connectivity index (χ4v) is 2.49. The van der Waals surface area contributed by atoms with E-state index in [1.54, 1.807) is 26.2 Å². The van der Waals surface area contributed by atoms with E-state index in [2.05, 4.69) is 6.58 Å². The quantitative estimate of drug-likeness (QED) is 0.631. The highest BCUT2D eigenvalue weighted by molar-refractivity contribution is 5.94. The second-order valence-corrected chi connectivity index (χ2v) is 6.00. The van der Waals surface area contributed by atoms with Gasteiger partial charge in [-0.05, 0) is 40.5 Å². The molecular weight excluding hydrogens is 333 g/mol. The maximum atomic E-state index is 14.1. The number of hydrogen-bond donors (Lipinski definition) is 0. The van der Waals surface area contributed by atoms with Gasteiger partial charge < -0.3 is 14.4 Å². The van der Waals surface area contributed by atoms with E-state index >= 15 is 0 Å². The number of ether oxygens (including phenoxy) is 2. The maximum absolute atomic E-state index is 14.1. The molecule has 5 heteroatoms. The Hall–Kier alpha value is -2.56. The maximum Gasteiger partial charge on any atom is 0.412 e. The summed E-state index contributed by atoms with van der Waals surface area (Å²) in [6, 6.07) is 6.78. The van der Waals surface area contributed by atoms with E-state index in [4.69, 9.17) is 9.47 Å². The van der Waals surface area contributed by atoms with Crippen molar-refractivity contribution in [3.63, 3.8) is 0 Å². The van der Waals surface area contributed by atoms with Crippen LogP contribution in [0.4, 0.5) is 9.18 Å². The Kier molecular flexibility index (Phi) is 8.10. The van der Waals surface area contributed by atoms with Gasteiger partial charge in [-0.15, -0.1) is 0 Å². The van der Waals surface area contributed by atoms with Crippen LogP contribution >= 0.6 is 0 Å². The van der Waals surface area contributed by atoms with Crippen LogP contribution in [0, 0.1) is 5.82 Å². The lowest BCUT2D eigenvalue weighted by Crippen LogP contribution is -2.24. The van der Waals surface area contributed by atoms with Crippen molar-refractivity contribution in [2.75, 3.05) is 20.9 Å². The van der Waals surface area contributed by atoms with E-state index in [1.165, 1.54) is 17.0 Å². The molecule has 0 saturated heterocycles. The van der Waals surface area contributed by atoms with Crippen molar-refractivity contribution < 1.29 is 18.7 Å². The molecule has 0 aliphatic carbocycles. The lowest BCUT2D eigenvalue weighted by atomic mass is 9.92. The molecule has 0 aliphatic heterocycles. The monoisotopic (exact) mass is 361 g/mol. The molecule has 0 heterocycles. The smallest absolute Gasteiger partial charge is 0.412 e. The van der Waals surface area contributed by atoms with Gasteiger partial charge in [0.25, 0.3) is 0 Å². The number of amides is 1. The molecule has 0 N–H and O–H groups in total. The van der Waals surface area contributed by atoms with Crippen molar-refractivity contribution >= 4 is 22.9 Å². The summed E-state index contributed by atoms with van der Waals surface area (Å²) in [4.78, 5) is 12.7. The van der Waals surface area contributed by atoms with Crippen LogP contribution in [0.3, 0.4) is 0 Å². The van der Waals surface area contributed by atoms with Crippen LogP contribution in [0.25, 0.3) is 16.8 Å². The molecule has 0 bridgehead atoms. The normalized spacial score (nSPS) is 10.2. The first kappa shape index (κ1) is 21.5. The van der Waals surface area contributed by atoms with Crippen LogP contribution in [-0.4, -0.2) is 31.9 Å².